The summed E-state index contributed by atoms with van der Waals surface area (Å²) in [6.07, 6.45) is -1.73. The second kappa shape index (κ2) is 9.28. The molecule has 0 saturated carbocycles. The van der Waals surface area contributed by atoms with Gasteiger partial charge >= 0.3 is 6.18 Å². The minimum atomic E-state index is -4.44. The number of alkyl halides is 3. The fourth-order valence-corrected chi connectivity index (χ4v) is 3.76. The molecule has 0 bridgehead atoms. The number of anilines is 1. The summed E-state index contributed by atoms with van der Waals surface area (Å²) < 4.78 is 40.4. The van der Waals surface area contributed by atoms with E-state index in [-0.39, 0.29) is 21.7 Å². The first-order valence-electron chi connectivity index (χ1n) is 8.56. The molecular weight excluding hydrogens is 460 g/mol. The van der Waals surface area contributed by atoms with Crippen molar-refractivity contribution in [3.05, 3.63) is 58.3 Å². The number of imidazole rings is 1. The van der Waals surface area contributed by atoms with Crippen LogP contribution in [0.5, 0.6) is 0 Å². The van der Waals surface area contributed by atoms with Gasteiger partial charge in [0.1, 0.15) is 6.54 Å². The van der Waals surface area contributed by atoms with Crippen molar-refractivity contribution in [2.75, 3.05) is 11.1 Å². The molecule has 0 aliphatic carbocycles. The lowest BCUT2D eigenvalue weighted by molar-refractivity contribution is -0.141. The van der Waals surface area contributed by atoms with Crippen LogP contribution < -0.4 is 5.32 Å². The van der Waals surface area contributed by atoms with Crippen molar-refractivity contribution < 1.29 is 18.0 Å². The summed E-state index contributed by atoms with van der Waals surface area (Å²) in [5.74, 6) is -0.533. The summed E-state index contributed by atoms with van der Waals surface area (Å²) >= 11 is 12.9. The van der Waals surface area contributed by atoms with Gasteiger partial charge in [-0.15, -0.1) is 0 Å². The summed E-state index contributed by atoms with van der Waals surface area (Å²) in [6, 6.07) is 8.62. The van der Waals surface area contributed by atoms with Crippen LogP contribution in [-0.2, 0) is 11.3 Å². The molecule has 158 valence electrons. The van der Waals surface area contributed by atoms with Crippen molar-refractivity contribution in [2.45, 2.75) is 24.8 Å². The summed E-state index contributed by atoms with van der Waals surface area (Å²) in [4.78, 5) is 20.3. The average Bonchev–Trinajstić information content (AvgIpc) is 3.08. The van der Waals surface area contributed by atoms with Gasteiger partial charge in [-0.1, -0.05) is 65.3 Å². The number of benzene rings is 1. The molecule has 0 aliphatic heterocycles. The SMILES string of the molecule is Cc1c(Cl)cnc(NC(=O)CSc2ncc(-c3ccccc3)n2CC(F)(F)F)c1Cl. The average molecular weight is 475 g/mol. The highest BCUT2D eigenvalue weighted by Crippen LogP contribution is 2.31. The molecule has 30 heavy (non-hydrogen) atoms. The van der Waals surface area contributed by atoms with Gasteiger partial charge in [0.2, 0.25) is 5.91 Å². The van der Waals surface area contributed by atoms with E-state index in [0.29, 0.717) is 21.8 Å². The smallest absolute Gasteiger partial charge is 0.310 e. The zero-order valence-corrected chi connectivity index (χ0v) is 17.8. The lowest BCUT2D eigenvalue weighted by atomic mass is 10.2. The van der Waals surface area contributed by atoms with E-state index in [1.807, 2.05) is 0 Å². The van der Waals surface area contributed by atoms with E-state index in [2.05, 4.69) is 15.3 Å². The minimum absolute atomic E-state index is 0.0765. The van der Waals surface area contributed by atoms with Crippen molar-refractivity contribution in [3.8, 4) is 11.3 Å². The number of pyridine rings is 1. The Balaban J connectivity index is 1.77. The maximum atomic E-state index is 13.1. The highest BCUT2D eigenvalue weighted by atomic mass is 35.5. The molecule has 0 saturated heterocycles. The van der Waals surface area contributed by atoms with Gasteiger partial charge in [-0.25, -0.2) is 9.97 Å². The first kappa shape index (κ1) is 22.5. The first-order valence-corrected chi connectivity index (χ1v) is 10.3. The first-order chi connectivity index (χ1) is 14.2. The van der Waals surface area contributed by atoms with Crippen molar-refractivity contribution in [3.63, 3.8) is 0 Å². The number of halogens is 5. The predicted molar refractivity (Wildman–Crippen MR) is 112 cm³/mol. The van der Waals surface area contributed by atoms with E-state index in [1.165, 1.54) is 12.4 Å². The molecule has 0 atom stereocenters. The third kappa shape index (κ3) is 5.47. The lowest BCUT2D eigenvalue weighted by Gasteiger charge is -2.14. The molecule has 1 N–H and O–H groups in total. The molecule has 2 aromatic heterocycles. The van der Waals surface area contributed by atoms with Gasteiger partial charge < -0.3 is 9.88 Å². The Kier molecular flexibility index (Phi) is 6.95. The van der Waals surface area contributed by atoms with Gasteiger partial charge in [-0.2, -0.15) is 13.2 Å². The van der Waals surface area contributed by atoms with Crippen LogP contribution in [0.15, 0.2) is 47.9 Å². The molecule has 0 aliphatic rings. The van der Waals surface area contributed by atoms with E-state index in [4.69, 9.17) is 23.2 Å². The second-order valence-corrected chi connectivity index (χ2v) is 7.95. The Labute approximate surface area is 184 Å². The molecule has 0 fully saturated rings. The third-order valence-corrected chi connectivity index (χ3v) is 5.85. The number of rotatable bonds is 6. The molecule has 0 radical (unpaired) electrons. The van der Waals surface area contributed by atoms with E-state index in [9.17, 15) is 18.0 Å². The summed E-state index contributed by atoms with van der Waals surface area (Å²) in [7, 11) is 0. The molecule has 1 aromatic carbocycles. The Hall–Kier alpha value is -2.23. The zero-order chi connectivity index (χ0) is 21.9. The maximum Gasteiger partial charge on any atom is 0.406 e. The number of carbonyl (C=O) groups excluding carboxylic acids is 1. The van der Waals surface area contributed by atoms with Crippen molar-refractivity contribution in [1.29, 1.82) is 0 Å². The fraction of sp³-hybridized carbons (Fsp3) is 0.211. The highest BCUT2D eigenvalue weighted by molar-refractivity contribution is 7.99. The standard InChI is InChI=1S/C19H15Cl2F3N4OS/c1-11-13(20)7-25-17(16(11)21)27-15(29)9-30-18-26-8-14(12-5-3-2-4-6-12)28(18)10-19(22,23)24/h2-8H,9-10H2,1H3,(H,25,27,29). The molecule has 0 unspecified atom stereocenters. The Bertz CT molecular complexity index is 1060. The van der Waals surface area contributed by atoms with Crippen LogP contribution >= 0.6 is 35.0 Å². The van der Waals surface area contributed by atoms with Gasteiger partial charge in [0, 0.05) is 6.20 Å². The Morgan fingerprint density at radius 1 is 1.17 bits per heavy atom. The van der Waals surface area contributed by atoms with Crippen LogP contribution in [0.3, 0.4) is 0 Å². The number of nitrogens with zero attached hydrogens (tertiary/aromatic N) is 3. The van der Waals surface area contributed by atoms with Crippen molar-refractivity contribution >= 4 is 46.7 Å². The number of carbonyl (C=O) groups is 1. The van der Waals surface area contributed by atoms with Gasteiger partial charge in [0.05, 0.1) is 27.7 Å². The summed E-state index contributed by atoms with van der Waals surface area (Å²) in [5.41, 5.74) is 1.47. The van der Waals surface area contributed by atoms with Crippen molar-refractivity contribution in [1.82, 2.24) is 14.5 Å². The zero-order valence-electron chi connectivity index (χ0n) is 15.5. The molecule has 3 rings (SSSR count). The van der Waals surface area contributed by atoms with Gasteiger partial charge in [-0.3, -0.25) is 4.79 Å². The molecule has 11 heteroatoms. The number of thioether (sulfide) groups is 1. The van der Waals surface area contributed by atoms with Crippen LogP contribution in [-0.4, -0.2) is 32.4 Å². The van der Waals surface area contributed by atoms with E-state index in [0.717, 1.165) is 16.3 Å². The van der Waals surface area contributed by atoms with Crippen LogP contribution in [0.2, 0.25) is 10.0 Å². The molecule has 3 aromatic rings. The number of amides is 1. The molecule has 2 heterocycles. The van der Waals surface area contributed by atoms with Gasteiger partial charge in [0.15, 0.2) is 11.0 Å². The molecular formula is C19H15Cl2F3N4OS. The topological polar surface area (TPSA) is 59.8 Å². The monoisotopic (exact) mass is 474 g/mol. The predicted octanol–water partition coefficient (Wildman–Crippen LogP) is 5.85. The van der Waals surface area contributed by atoms with E-state index in [1.54, 1.807) is 37.3 Å². The largest absolute Gasteiger partial charge is 0.406 e. The lowest BCUT2D eigenvalue weighted by Crippen LogP contribution is -2.20. The van der Waals surface area contributed by atoms with E-state index >= 15 is 0 Å². The third-order valence-electron chi connectivity index (χ3n) is 4.02. The van der Waals surface area contributed by atoms with Crippen molar-refractivity contribution in [2.24, 2.45) is 0 Å². The Morgan fingerprint density at radius 2 is 1.87 bits per heavy atom. The van der Waals surface area contributed by atoms with E-state index < -0.39 is 18.6 Å². The fourth-order valence-electron chi connectivity index (χ4n) is 2.59. The Morgan fingerprint density at radius 3 is 2.53 bits per heavy atom. The van der Waals surface area contributed by atoms with Crippen LogP contribution in [0.1, 0.15) is 5.56 Å². The van der Waals surface area contributed by atoms with Gasteiger partial charge in [-0.05, 0) is 18.1 Å². The minimum Gasteiger partial charge on any atom is -0.310 e. The number of aromatic nitrogens is 3. The van der Waals surface area contributed by atoms with Crippen LogP contribution in [0.25, 0.3) is 11.3 Å². The normalized spacial score (nSPS) is 11.5. The molecule has 1 amide bonds. The van der Waals surface area contributed by atoms with Gasteiger partial charge in [0.25, 0.3) is 0 Å². The number of hydrogen-bond acceptors (Lipinski definition) is 4. The maximum absolute atomic E-state index is 13.1. The highest BCUT2D eigenvalue weighted by Gasteiger charge is 2.31. The summed E-state index contributed by atoms with van der Waals surface area (Å²) in [5, 5.41) is 3.17. The molecule has 0 spiro atoms. The van der Waals surface area contributed by atoms with Crippen LogP contribution in [0, 0.1) is 6.92 Å². The van der Waals surface area contributed by atoms with Crippen LogP contribution in [0.4, 0.5) is 19.0 Å². The molecule has 5 nitrogen and oxygen atoms in total. The number of nitrogens with one attached hydrogen (secondary N) is 1. The number of hydrogen-bond donors (Lipinski definition) is 1. The summed E-state index contributed by atoms with van der Waals surface area (Å²) in [6.45, 7) is 0.459. The quantitative estimate of drug-likeness (QED) is 0.455. The second-order valence-electron chi connectivity index (χ2n) is 6.22.